The summed E-state index contributed by atoms with van der Waals surface area (Å²) in [6.07, 6.45) is -1.47. The molecular weight excluding hydrogens is 302 g/mol. The van der Waals surface area contributed by atoms with Crippen molar-refractivity contribution in [2.24, 2.45) is 23.7 Å². The highest BCUT2D eigenvalue weighted by Crippen LogP contribution is 2.56. The number of carboxylic acid groups (broad SMARTS) is 1. The summed E-state index contributed by atoms with van der Waals surface area (Å²) in [6.45, 7) is 0. The molecular formula is C16H14NO6-. The Balaban J connectivity index is 1.68. The summed E-state index contributed by atoms with van der Waals surface area (Å²) in [6, 6.07) is 5.32. The van der Waals surface area contributed by atoms with E-state index in [1.165, 1.54) is 24.3 Å². The van der Waals surface area contributed by atoms with Crippen LogP contribution in [0.5, 0.6) is 0 Å². The van der Waals surface area contributed by atoms with E-state index in [0.29, 0.717) is 12.1 Å². The molecule has 2 aliphatic carbocycles. The van der Waals surface area contributed by atoms with Crippen molar-refractivity contribution in [2.45, 2.75) is 18.6 Å². The van der Waals surface area contributed by atoms with Gasteiger partial charge in [-0.05, 0) is 24.1 Å². The Labute approximate surface area is 131 Å². The number of fused-ring (bicyclic) bond motifs is 5. The number of rotatable bonds is 2. The summed E-state index contributed by atoms with van der Waals surface area (Å²) in [5.74, 6) is -4.12. The van der Waals surface area contributed by atoms with E-state index in [1.807, 2.05) is 0 Å². The second kappa shape index (κ2) is 4.62. The van der Waals surface area contributed by atoms with Gasteiger partial charge in [0.1, 0.15) is 0 Å². The maximum Gasteiger partial charge on any atom is 0.238 e. The summed E-state index contributed by atoms with van der Waals surface area (Å²) in [5, 5.41) is 30.8. The molecule has 1 aliphatic heterocycles. The lowest BCUT2D eigenvalue weighted by atomic mass is 9.78. The Morgan fingerprint density at radius 2 is 1.48 bits per heavy atom. The van der Waals surface area contributed by atoms with Gasteiger partial charge >= 0.3 is 0 Å². The highest BCUT2D eigenvalue weighted by atomic mass is 16.4. The molecule has 3 aliphatic rings. The smallest absolute Gasteiger partial charge is 0.238 e. The molecule has 6 atom stereocenters. The maximum absolute atomic E-state index is 12.6. The molecule has 0 unspecified atom stereocenters. The molecule has 0 radical (unpaired) electrons. The molecule has 3 fully saturated rings. The average molecular weight is 316 g/mol. The van der Waals surface area contributed by atoms with Crippen molar-refractivity contribution in [3.05, 3.63) is 29.8 Å². The quantitative estimate of drug-likeness (QED) is 0.643. The Morgan fingerprint density at radius 1 is 1.00 bits per heavy atom. The predicted octanol–water partition coefficient (Wildman–Crippen LogP) is -1.47. The van der Waals surface area contributed by atoms with Crippen LogP contribution >= 0.6 is 0 Å². The number of nitrogens with zero attached hydrogens (tertiary/aromatic N) is 1. The first-order valence-electron chi connectivity index (χ1n) is 7.47. The molecule has 1 aromatic carbocycles. The number of hydrogen-bond acceptors (Lipinski definition) is 6. The number of amides is 2. The first-order valence-corrected chi connectivity index (χ1v) is 7.47. The largest absolute Gasteiger partial charge is 0.545 e. The molecule has 120 valence electrons. The van der Waals surface area contributed by atoms with Crippen LogP contribution in [-0.4, -0.2) is 40.2 Å². The molecule has 4 rings (SSSR count). The fourth-order valence-electron chi connectivity index (χ4n) is 4.43. The van der Waals surface area contributed by atoms with Crippen LogP contribution in [0.25, 0.3) is 0 Å². The van der Waals surface area contributed by atoms with Gasteiger partial charge in [-0.3, -0.25) is 14.5 Å². The summed E-state index contributed by atoms with van der Waals surface area (Å²) in [7, 11) is 0. The Morgan fingerprint density at radius 3 is 1.91 bits per heavy atom. The van der Waals surface area contributed by atoms with Crippen LogP contribution in [-0.2, 0) is 9.59 Å². The number of carboxylic acids is 1. The van der Waals surface area contributed by atoms with Gasteiger partial charge in [-0.1, -0.05) is 12.1 Å². The predicted molar refractivity (Wildman–Crippen MR) is 73.9 cm³/mol. The number of carbonyl (C=O) groups excluding carboxylic acids is 3. The van der Waals surface area contributed by atoms with Gasteiger partial charge in [-0.2, -0.15) is 0 Å². The van der Waals surface area contributed by atoms with Gasteiger partial charge in [0.05, 0.1) is 35.7 Å². The third-order valence-electron chi connectivity index (χ3n) is 5.45. The Hall–Kier alpha value is -2.25. The first kappa shape index (κ1) is 14.3. The van der Waals surface area contributed by atoms with Crippen LogP contribution in [0.2, 0.25) is 0 Å². The van der Waals surface area contributed by atoms with E-state index in [-0.39, 0.29) is 17.4 Å². The minimum absolute atomic E-state index is 0.0426. The highest BCUT2D eigenvalue weighted by molar-refractivity contribution is 6.22. The van der Waals surface area contributed by atoms with Crippen LogP contribution in [0.3, 0.4) is 0 Å². The van der Waals surface area contributed by atoms with E-state index < -0.39 is 41.8 Å². The number of anilines is 1. The van der Waals surface area contributed by atoms with Gasteiger partial charge in [0, 0.05) is 11.8 Å². The van der Waals surface area contributed by atoms with Crippen molar-refractivity contribution in [1.82, 2.24) is 0 Å². The van der Waals surface area contributed by atoms with Gasteiger partial charge in [-0.15, -0.1) is 0 Å². The summed E-state index contributed by atoms with van der Waals surface area (Å²) < 4.78 is 0. The molecule has 1 heterocycles. The van der Waals surface area contributed by atoms with E-state index in [1.54, 1.807) is 0 Å². The number of benzene rings is 1. The van der Waals surface area contributed by atoms with E-state index in [4.69, 9.17) is 0 Å². The lowest BCUT2D eigenvalue weighted by molar-refractivity contribution is -0.255. The standard InChI is InChI=1S/C16H15NO6/c18-12-8-5-9(13(12)19)11-10(8)14(20)17(15(11)21)7-3-1-6(2-4-7)16(22)23/h1-4,8-13,18-19H,5H2,(H,22,23)/p-1/t8-,9+,10+,11-,12+,13-. The van der Waals surface area contributed by atoms with Gasteiger partial charge in [0.25, 0.3) is 0 Å². The van der Waals surface area contributed by atoms with Gasteiger partial charge in [0.15, 0.2) is 0 Å². The fourth-order valence-corrected chi connectivity index (χ4v) is 4.43. The van der Waals surface area contributed by atoms with Crippen molar-refractivity contribution in [3.8, 4) is 0 Å². The number of aromatic carboxylic acids is 1. The van der Waals surface area contributed by atoms with E-state index in [9.17, 15) is 29.7 Å². The lowest BCUT2D eigenvalue weighted by Crippen LogP contribution is -2.43. The average Bonchev–Trinajstić information content (AvgIpc) is 3.12. The van der Waals surface area contributed by atoms with Gasteiger partial charge < -0.3 is 20.1 Å². The second-order valence-electron chi connectivity index (χ2n) is 6.44. The molecule has 7 nitrogen and oxygen atoms in total. The monoisotopic (exact) mass is 316 g/mol. The number of imide groups is 1. The molecule has 2 amide bonds. The van der Waals surface area contributed by atoms with Crippen LogP contribution in [0, 0.1) is 23.7 Å². The van der Waals surface area contributed by atoms with Crippen molar-refractivity contribution in [2.75, 3.05) is 4.90 Å². The summed E-state index contributed by atoms with van der Waals surface area (Å²) in [5.41, 5.74) is 0.252. The highest BCUT2D eigenvalue weighted by Gasteiger charge is 2.67. The van der Waals surface area contributed by atoms with E-state index >= 15 is 0 Å². The molecule has 2 bridgehead atoms. The normalized spacial score (nSPS) is 38.3. The molecule has 2 N–H and O–H groups in total. The summed E-state index contributed by atoms with van der Waals surface area (Å²) >= 11 is 0. The van der Waals surface area contributed by atoms with Crippen molar-refractivity contribution in [3.63, 3.8) is 0 Å². The van der Waals surface area contributed by atoms with Crippen LogP contribution in [0.4, 0.5) is 5.69 Å². The molecule has 1 saturated heterocycles. The van der Waals surface area contributed by atoms with Crippen molar-refractivity contribution >= 4 is 23.5 Å². The van der Waals surface area contributed by atoms with Crippen molar-refractivity contribution in [1.29, 1.82) is 0 Å². The first-order chi connectivity index (χ1) is 10.9. The Bertz CT molecular complexity index is 682. The van der Waals surface area contributed by atoms with E-state index in [2.05, 4.69) is 0 Å². The third kappa shape index (κ3) is 1.74. The zero-order valence-corrected chi connectivity index (χ0v) is 12.0. The number of hydrogen-bond donors (Lipinski definition) is 2. The van der Waals surface area contributed by atoms with Crippen molar-refractivity contribution < 1.29 is 29.7 Å². The molecule has 23 heavy (non-hydrogen) atoms. The number of carbonyl (C=O) groups is 3. The van der Waals surface area contributed by atoms with Crippen LogP contribution in [0.1, 0.15) is 16.8 Å². The van der Waals surface area contributed by atoms with Gasteiger partial charge in [-0.25, -0.2) is 0 Å². The molecule has 0 aromatic heterocycles. The second-order valence-corrected chi connectivity index (χ2v) is 6.44. The zero-order valence-electron chi connectivity index (χ0n) is 12.0. The third-order valence-corrected chi connectivity index (χ3v) is 5.45. The fraction of sp³-hybridized carbons (Fsp3) is 0.438. The molecule has 2 saturated carbocycles. The van der Waals surface area contributed by atoms with Crippen LogP contribution in [0.15, 0.2) is 24.3 Å². The maximum atomic E-state index is 12.6. The van der Waals surface area contributed by atoms with Gasteiger partial charge in [0.2, 0.25) is 11.8 Å². The number of aliphatic hydroxyl groups is 2. The molecule has 7 heteroatoms. The zero-order chi connectivity index (χ0) is 16.5. The minimum atomic E-state index is -1.34. The molecule has 1 aromatic rings. The SMILES string of the molecule is O=C([O-])c1ccc(N2C(=O)[C@@H]3[C@@H]4C[C@@H]([C@H](O)[C@@H]4O)[C@@H]3C2=O)cc1. The van der Waals surface area contributed by atoms with Crippen LogP contribution < -0.4 is 10.0 Å². The summed E-state index contributed by atoms with van der Waals surface area (Å²) in [4.78, 5) is 37.1. The number of aliphatic hydroxyl groups excluding tert-OH is 2. The topological polar surface area (TPSA) is 118 Å². The Kier molecular flexibility index (Phi) is 2.88. The lowest BCUT2D eigenvalue weighted by Gasteiger charge is -2.29. The minimum Gasteiger partial charge on any atom is -0.545 e. The molecule has 0 spiro atoms. The van der Waals surface area contributed by atoms with E-state index in [0.717, 1.165) is 4.90 Å².